The van der Waals surface area contributed by atoms with Gasteiger partial charge in [0, 0.05) is 0 Å². The SMILES string of the molecule is CC(C)(C)c1ccc(S(=O)(=O)CC#CCS(=O)(=O)c2ccc(C(C)(C)C)cc2)cc1. The van der Waals surface area contributed by atoms with Crippen LogP contribution in [0.15, 0.2) is 58.3 Å². The summed E-state index contributed by atoms with van der Waals surface area (Å²) in [4.78, 5) is 0.371. The van der Waals surface area contributed by atoms with Crippen molar-refractivity contribution in [1.29, 1.82) is 0 Å². The molecule has 0 atom stereocenters. The zero-order valence-corrected chi connectivity index (χ0v) is 20.1. The van der Waals surface area contributed by atoms with E-state index in [2.05, 4.69) is 53.4 Å². The fraction of sp³-hybridized carbons (Fsp3) is 0.417. The van der Waals surface area contributed by atoms with Crippen LogP contribution in [0.25, 0.3) is 0 Å². The lowest BCUT2D eigenvalue weighted by molar-refractivity contribution is 0.587. The van der Waals surface area contributed by atoms with Crippen LogP contribution in [0.1, 0.15) is 52.7 Å². The van der Waals surface area contributed by atoms with Gasteiger partial charge in [-0.25, -0.2) is 16.8 Å². The van der Waals surface area contributed by atoms with E-state index in [1.54, 1.807) is 48.5 Å². The molecule has 0 aliphatic heterocycles. The minimum atomic E-state index is -3.60. The van der Waals surface area contributed by atoms with Gasteiger partial charge in [-0.15, -0.1) is 0 Å². The maximum absolute atomic E-state index is 12.5. The predicted octanol–water partition coefficient (Wildman–Crippen LogP) is 4.53. The molecule has 2 aromatic rings. The molecular formula is C24H30O4S2. The minimum Gasteiger partial charge on any atom is -0.223 e. The van der Waals surface area contributed by atoms with Crippen LogP contribution < -0.4 is 0 Å². The van der Waals surface area contributed by atoms with E-state index in [1.807, 2.05) is 0 Å². The summed E-state index contributed by atoms with van der Waals surface area (Å²) in [5.74, 6) is 4.19. The number of rotatable bonds is 4. The summed E-state index contributed by atoms with van der Waals surface area (Å²) in [6.45, 7) is 12.3. The first-order valence-electron chi connectivity index (χ1n) is 9.75. The third kappa shape index (κ3) is 6.20. The van der Waals surface area contributed by atoms with Gasteiger partial charge >= 0.3 is 0 Å². The lowest BCUT2D eigenvalue weighted by atomic mass is 9.87. The average molecular weight is 447 g/mol. The molecule has 0 aliphatic rings. The van der Waals surface area contributed by atoms with Gasteiger partial charge < -0.3 is 0 Å². The van der Waals surface area contributed by atoms with E-state index in [-0.39, 0.29) is 20.6 Å². The summed E-state index contributed by atoms with van der Waals surface area (Å²) >= 11 is 0. The molecule has 6 heteroatoms. The number of hydrogen-bond donors (Lipinski definition) is 0. The van der Waals surface area contributed by atoms with Gasteiger partial charge in [0.2, 0.25) is 0 Å². The molecule has 0 spiro atoms. The average Bonchev–Trinajstić information content (AvgIpc) is 2.64. The third-order valence-electron chi connectivity index (χ3n) is 4.81. The zero-order valence-electron chi connectivity index (χ0n) is 18.5. The first-order valence-corrected chi connectivity index (χ1v) is 13.1. The fourth-order valence-corrected chi connectivity index (χ4v) is 4.80. The van der Waals surface area contributed by atoms with Crippen LogP contribution >= 0.6 is 0 Å². The second-order valence-electron chi connectivity index (χ2n) is 9.42. The number of benzene rings is 2. The summed E-state index contributed by atoms with van der Waals surface area (Å²) in [5, 5.41) is 0. The van der Waals surface area contributed by atoms with E-state index in [9.17, 15) is 16.8 Å². The molecule has 0 radical (unpaired) electrons. The monoisotopic (exact) mass is 446 g/mol. The molecule has 0 saturated carbocycles. The van der Waals surface area contributed by atoms with E-state index >= 15 is 0 Å². The van der Waals surface area contributed by atoms with Crippen molar-refractivity contribution in [3.63, 3.8) is 0 Å². The largest absolute Gasteiger partial charge is 0.223 e. The van der Waals surface area contributed by atoms with Crippen LogP contribution in [0.4, 0.5) is 0 Å². The first kappa shape index (κ1) is 24.2. The van der Waals surface area contributed by atoms with Crippen molar-refractivity contribution in [2.24, 2.45) is 0 Å². The second kappa shape index (κ2) is 8.56. The van der Waals surface area contributed by atoms with Gasteiger partial charge in [-0.05, 0) is 46.2 Å². The Bertz CT molecular complexity index is 1050. The Kier molecular flexibility index (Phi) is 6.90. The highest BCUT2D eigenvalue weighted by Crippen LogP contribution is 2.24. The maximum atomic E-state index is 12.5. The lowest BCUT2D eigenvalue weighted by Crippen LogP contribution is -2.12. The van der Waals surface area contributed by atoms with Crippen LogP contribution in [0.5, 0.6) is 0 Å². The van der Waals surface area contributed by atoms with Crippen molar-refractivity contribution in [3.05, 3.63) is 59.7 Å². The normalized spacial score (nSPS) is 12.9. The summed E-state index contributed by atoms with van der Waals surface area (Å²) in [6.07, 6.45) is 0. The van der Waals surface area contributed by atoms with Gasteiger partial charge in [0.15, 0.2) is 19.7 Å². The van der Waals surface area contributed by atoms with E-state index < -0.39 is 31.2 Å². The quantitative estimate of drug-likeness (QED) is 0.647. The molecule has 0 fully saturated rings. The molecule has 0 saturated heterocycles. The van der Waals surface area contributed by atoms with Crippen molar-refractivity contribution in [3.8, 4) is 11.8 Å². The Balaban J connectivity index is 2.09. The molecule has 4 nitrogen and oxygen atoms in total. The summed E-state index contributed by atoms with van der Waals surface area (Å²) in [5.41, 5.74) is 1.94. The highest BCUT2D eigenvalue weighted by molar-refractivity contribution is 7.92. The standard InChI is InChI=1S/C24H30O4S2/c1-23(2,3)19-9-13-21(14-10-19)29(25,26)17-7-8-18-30(27,28)22-15-11-20(12-16-22)24(4,5)6/h9-16H,17-18H2,1-6H3. The fourth-order valence-electron chi connectivity index (χ4n) is 2.78. The van der Waals surface area contributed by atoms with Crippen molar-refractivity contribution in [2.75, 3.05) is 11.5 Å². The number of sulfone groups is 2. The van der Waals surface area contributed by atoms with Crippen molar-refractivity contribution in [2.45, 2.75) is 62.2 Å². The molecule has 0 N–H and O–H groups in total. The van der Waals surface area contributed by atoms with Crippen molar-refractivity contribution >= 4 is 19.7 Å². The van der Waals surface area contributed by atoms with Crippen molar-refractivity contribution < 1.29 is 16.8 Å². The Hall–Kier alpha value is -2.10. The van der Waals surface area contributed by atoms with Gasteiger partial charge in [-0.1, -0.05) is 77.6 Å². The molecule has 30 heavy (non-hydrogen) atoms. The molecule has 162 valence electrons. The summed E-state index contributed by atoms with van der Waals surface area (Å²) in [7, 11) is -7.19. The van der Waals surface area contributed by atoms with Gasteiger partial charge in [-0.2, -0.15) is 0 Å². The van der Waals surface area contributed by atoms with E-state index in [0.29, 0.717) is 0 Å². The zero-order chi connectivity index (χ0) is 22.8. The molecule has 0 unspecified atom stereocenters. The molecule has 2 aromatic carbocycles. The first-order chi connectivity index (χ1) is 13.6. The molecule has 0 heterocycles. The minimum absolute atomic E-state index is 0.0679. The lowest BCUT2D eigenvalue weighted by Gasteiger charge is -2.19. The van der Waals surface area contributed by atoms with E-state index in [1.165, 1.54) is 0 Å². The maximum Gasteiger partial charge on any atom is 0.189 e. The topological polar surface area (TPSA) is 68.3 Å². The highest BCUT2D eigenvalue weighted by atomic mass is 32.2. The third-order valence-corrected chi connectivity index (χ3v) is 7.84. The van der Waals surface area contributed by atoms with Gasteiger partial charge in [-0.3, -0.25) is 0 Å². The summed E-state index contributed by atoms with van der Waals surface area (Å²) < 4.78 is 49.9. The predicted molar refractivity (Wildman–Crippen MR) is 122 cm³/mol. The highest BCUT2D eigenvalue weighted by Gasteiger charge is 2.18. The Morgan fingerprint density at radius 2 is 0.833 bits per heavy atom. The molecule has 0 amide bonds. The van der Waals surface area contributed by atoms with E-state index in [0.717, 1.165) is 11.1 Å². The van der Waals surface area contributed by atoms with E-state index in [4.69, 9.17) is 0 Å². The molecule has 2 rings (SSSR count). The Morgan fingerprint density at radius 1 is 0.567 bits per heavy atom. The van der Waals surface area contributed by atoms with Gasteiger partial charge in [0.25, 0.3) is 0 Å². The van der Waals surface area contributed by atoms with Crippen LogP contribution in [-0.4, -0.2) is 28.3 Å². The molecule has 0 bridgehead atoms. The summed E-state index contributed by atoms with van der Waals surface area (Å²) in [6, 6.07) is 13.5. The Labute approximate surface area is 181 Å². The van der Waals surface area contributed by atoms with Crippen LogP contribution in [0.3, 0.4) is 0 Å². The molecule has 0 aliphatic carbocycles. The molecule has 0 aromatic heterocycles. The van der Waals surface area contributed by atoms with Crippen LogP contribution in [-0.2, 0) is 30.5 Å². The van der Waals surface area contributed by atoms with Gasteiger partial charge in [0.05, 0.1) is 9.79 Å². The molecular weight excluding hydrogens is 416 g/mol. The van der Waals surface area contributed by atoms with Gasteiger partial charge in [0.1, 0.15) is 11.5 Å². The Morgan fingerprint density at radius 3 is 1.07 bits per heavy atom. The van der Waals surface area contributed by atoms with Crippen molar-refractivity contribution in [1.82, 2.24) is 0 Å². The smallest absolute Gasteiger partial charge is 0.189 e. The van der Waals surface area contributed by atoms with Crippen LogP contribution in [0, 0.1) is 11.8 Å². The second-order valence-corrected chi connectivity index (χ2v) is 13.4. The van der Waals surface area contributed by atoms with Crippen LogP contribution in [0.2, 0.25) is 0 Å². The number of hydrogen-bond acceptors (Lipinski definition) is 4.